The quantitative estimate of drug-likeness (QED) is 0.136. The van der Waals surface area contributed by atoms with Gasteiger partial charge >= 0.3 is 0 Å². The molecular weight excluding hydrogens is 426 g/mol. The van der Waals surface area contributed by atoms with Crippen molar-refractivity contribution in [2.75, 3.05) is 12.8 Å². The zero-order valence-corrected chi connectivity index (χ0v) is 25.3. The minimum atomic E-state index is 0.291. The molecule has 0 heterocycles. The second-order valence-electron chi connectivity index (χ2n) is 12.2. The summed E-state index contributed by atoms with van der Waals surface area (Å²) in [7, 11) is 2.08. The molecule has 0 aliphatic heterocycles. The van der Waals surface area contributed by atoms with Crippen LogP contribution in [0.2, 0.25) is 0 Å². The molecule has 1 nitrogen and oxygen atoms in total. The molecule has 0 saturated carbocycles. The molecule has 0 aliphatic rings. The summed E-state index contributed by atoms with van der Waals surface area (Å²) in [5.41, 5.74) is 1.71. The van der Waals surface area contributed by atoms with E-state index in [0.29, 0.717) is 20.3 Å². The van der Waals surface area contributed by atoms with E-state index in [1.54, 1.807) is 0 Å². The Balaban J connectivity index is 4.01. The van der Waals surface area contributed by atoms with Crippen LogP contribution in [-0.4, -0.2) is 33.1 Å². The first-order valence-corrected chi connectivity index (χ1v) is 15.3. The zero-order chi connectivity index (χ0) is 24.8. The lowest BCUT2D eigenvalue weighted by Gasteiger charge is -2.33. The van der Waals surface area contributed by atoms with Crippen LogP contribution < -0.4 is 5.32 Å². The average Bonchev–Trinajstić information content (AvgIpc) is 2.62. The molecule has 0 saturated heterocycles. The lowest BCUT2D eigenvalue weighted by molar-refractivity contribution is 0.351. The van der Waals surface area contributed by atoms with Crippen LogP contribution in [0.5, 0.6) is 0 Å². The molecular formula is C29H59NS2. The Morgan fingerprint density at radius 3 is 2.12 bits per heavy atom. The molecule has 192 valence electrons. The van der Waals surface area contributed by atoms with Crippen molar-refractivity contribution >= 4 is 23.5 Å². The van der Waals surface area contributed by atoms with Gasteiger partial charge in [0.15, 0.2) is 0 Å². The highest BCUT2D eigenvalue weighted by Crippen LogP contribution is 2.40. The van der Waals surface area contributed by atoms with Crippen LogP contribution in [0.25, 0.3) is 0 Å². The lowest BCUT2D eigenvalue weighted by atomic mass is 9.92. The van der Waals surface area contributed by atoms with Crippen LogP contribution in [0.15, 0.2) is 12.2 Å². The Morgan fingerprint density at radius 2 is 1.53 bits per heavy atom. The van der Waals surface area contributed by atoms with Gasteiger partial charge in [-0.2, -0.15) is 23.5 Å². The van der Waals surface area contributed by atoms with Crippen molar-refractivity contribution in [1.29, 1.82) is 0 Å². The van der Waals surface area contributed by atoms with Gasteiger partial charge in [0.1, 0.15) is 0 Å². The van der Waals surface area contributed by atoms with Crippen LogP contribution in [0.3, 0.4) is 0 Å². The summed E-state index contributed by atoms with van der Waals surface area (Å²) < 4.78 is 0.669. The van der Waals surface area contributed by atoms with Gasteiger partial charge in [-0.15, -0.1) is 0 Å². The van der Waals surface area contributed by atoms with Crippen molar-refractivity contribution in [3.63, 3.8) is 0 Å². The number of hydrogen-bond donors (Lipinski definition) is 1. The van der Waals surface area contributed by atoms with Gasteiger partial charge in [0, 0.05) is 20.3 Å². The maximum absolute atomic E-state index is 4.29. The van der Waals surface area contributed by atoms with Crippen molar-refractivity contribution < 1.29 is 0 Å². The van der Waals surface area contributed by atoms with Crippen LogP contribution >= 0.6 is 23.5 Å². The van der Waals surface area contributed by atoms with Crippen molar-refractivity contribution in [3.05, 3.63) is 12.2 Å². The normalized spacial score (nSPS) is 15.1. The Bertz CT molecular complexity index is 495. The van der Waals surface area contributed by atoms with E-state index in [1.807, 2.05) is 0 Å². The Kier molecular flexibility index (Phi) is 16.3. The molecule has 0 fully saturated rings. The third-order valence-electron chi connectivity index (χ3n) is 6.59. The molecule has 3 heteroatoms. The van der Waals surface area contributed by atoms with E-state index >= 15 is 0 Å². The van der Waals surface area contributed by atoms with E-state index in [-0.39, 0.29) is 0 Å². The van der Waals surface area contributed by atoms with E-state index in [9.17, 15) is 0 Å². The Morgan fingerprint density at radius 1 is 0.906 bits per heavy atom. The van der Waals surface area contributed by atoms with Crippen LogP contribution in [-0.2, 0) is 0 Å². The van der Waals surface area contributed by atoms with Gasteiger partial charge in [0.05, 0.1) is 0 Å². The smallest absolute Gasteiger partial charge is 0.0143 e. The summed E-state index contributed by atoms with van der Waals surface area (Å²) in [5, 5.41) is 4.11. The standard InChI is InChI=1S/C29H59NS2/c1-12-17-25(3)22-29(9,10)32-26(4)23-28(7,8)31-21-15-13-14-18-24(2)19-16-20-27(5,6)30-11/h24,26,30H,3,12-23H2,1-2,4-11H3. The van der Waals surface area contributed by atoms with Crippen molar-refractivity contribution in [2.45, 2.75) is 153 Å². The molecule has 32 heavy (non-hydrogen) atoms. The molecule has 2 unspecified atom stereocenters. The predicted octanol–water partition coefficient (Wildman–Crippen LogP) is 9.90. The van der Waals surface area contributed by atoms with Gasteiger partial charge in [-0.05, 0) is 64.7 Å². The zero-order valence-electron chi connectivity index (χ0n) is 23.7. The van der Waals surface area contributed by atoms with Crippen molar-refractivity contribution in [2.24, 2.45) is 5.92 Å². The first-order chi connectivity index (χ1) is 14.7. The summed E-state index contributed by atoms with van der Waals surface area (Å²) in [5.74, 6) is 2.19. The first kappa shape index (κ1) is 32.4. The molecule has 0 radical (unpaired) electrons. The summed E-state index contributed by atoms with van der Waals surface area (Å²) >= 11 is 4.36. The molecule has 0 spiro atoms. The largest absolute Gasteiger partial charge is 0.315 e. The van der Waals surface area contributed by atoms with Crippen LogP contribution in [0, 0.1) is 5.92 Å². The van der Waals surface area contributed by atoms with Crippen LogP contribution in [0.1, 0.15) is 133 Å². The van der Waals surface area contributed by atoms with Gasteiger partial charge < -0.3 is 5.32 Å². The average molecular weight is 486 g/mol. The van der Waals surface area contributed by atoms with E-state index in [0.717, 1.165) is 12.3 Å². The van der Waals surface area contributed by atoms with Gasteiger partial charge in [-0.3, -0.25) is 0 Å². The molecule has 0 aromatic rings. The van der Waals surface area contributed by atoms with E-state index in [4.69, 9.17) is 0 Å². The highest BCUT2D eigenvalue weighted by molar-refractivity contribution is 8.01. The van der Waals surface area contributed by atoms with Gasteiger partial charge in [-0.25, -0.2) is 0 Å². The fourth-order valence-corrected chi connectivity index (χ4v) is 7.96. The molecule has 1 N–H and O–H groups in total. The number of hydrogen-bond acceptors (Lipinski definition) is 3. The maximum atomic E-state index is 4.29. The summed E-state index contributed by atoms with van der Waals surface area (Å²) in [4.78, 5) is 0. The second-order valence-corrected chi connectivity index (χ2v) is 16.1. The van der Waals surface area contributed by atoms with Gasteiger partial charge in [0.2, 0.25) is 0 Å². The van der Waals surface area contributed by atoms with Crippen molar-refractivity contribution in [3.8, 4) is 0 Å². The van der Waals surface area contributed by atoms with E-state index in [2.05, 4.69) is 105 Å². The number of rotatable bonds is 20. The fraction of sp³-hybridized carbons (Fsp3) is 0.931. The monoisotopic (exact) mass is 485 g/mol. The van der Waals surface area contributed by atoms with E-state index < -0.39 is 0 Å². The minimum Gasteiger partial charge on any atom is -0.315 e. The molecule has 0 aromatic carbocycles. The lowest BCUT2D eigenvalue weighted by Crippen LogP contribution is -2.35. The Labute approximate surface area is 212 Å². The number of nitrogens with one attached hydrogen (secondary N) is 1. The third-order valence-corrected chi connectivity index (χ3v) is 9.38. The molecule has 0 amide bonds. The summed E-state index contributed by atoms with van der Waals surface area (Å²) in [6, 6.07) is 0. The van der Waals surface area contributed by atoms with Gasteiger partial charge in [-0.1, -0.05) is 99.1 Å². The van der Waals surface area contributed by atoms with Crippen LogP contribution in [0.4, 0.5) is 0 Å². The fourth-order valence-electron chi connectivity index (χ4n) is 4.71. The highest BCUT2D eigenvalue weighted by Gasteiger charge is 2.27. The van der Waals surface area contributed by atoms with E-state index in [1.165, 1.54) is 75.5 Å². The Hall–Kier alpha value is 0.400. The molecule has 0 aliphatic carbocycles. The number of unbranched alkanes of at least 4 members (excludes halogenated alkanes) is 2. The first-order valence-electron chi connectivity index (χ1n) is 13.4. The topological polar surface area (TPSA) is 12.0 Å². The highest BCUT2D eigenvalue weighted by atomic mass is 32.2. The summed E-state index contributed by atoms with van der Waals surface area (Å²) in [6.45, 7) is 25.7. The molecule has 2 atom stereocenters. The predicted molar refractivity (Wildman–Crippen MR) is 156 cm³/mol. The van der Waals surface area contributed by atoms with Gasteiger partial charge in [0.25, 0.3) is 0 Å². The summed E-state index contributed by atoms with van der Waals surface area (Å²) in [6.07, 6.45) is 14.4. The number of thioether (sulfide) groups is 2. The molecule has 0 rings (SSSR count). The molecule has 0 bridgehead atoms. The third kappa shape index (κ3) is 17.8. The maximum Gasteiger partial charge on any atom is 0.0143 e. The number of allylic oxidation sites excluding steroid dienone is 1. The molecule has 0 aromatic heterocycles. The second kappa shape index (κ2) is 16.1. The SMILES string of the molecule is C=C(CCC)CC(C)(C)SC(C)CC(C)(C)SCCCCCC(C)CCCC(C)(C)NC. The minimum absolute atomic E-state index is 0.291. The van der Waals surface area contributed by atoms with Crippen molar-refractivity contribution in [1.82, 2.24) is 5.32 Å².